The molecule has 3 aromatic rings. The van der Waals surface area contributed by atoms with E-state index < -0.39 is 0 Å². The highest BCUT2D eigenvalue weighted by Gasteiger charge is 2.04. The number of aromatic amines is 1. The van der Waals surface area contributed by atoms with Crippen molar-refractivity contribution < 1.29 is 0 Å². The summed E-state index contributed by atoms with van der Waals surface area (Å²) in [5.41, 5.74) is 3.25. The van der Waals surface area contributed by atoms with Gasteiger partial charge in [-0.2, -0.15) is 0 Å². The average Bonchev–Trinajstić information content (AvgIpc) is 2.66. The highest BCUT2D eigenvalue weighted by Crippen LogP contribution is 2.28. The van der Waals surface area contributed by atoms with Crippen LogP contribution in [-0.4, -0.2) is 4.98 Å². The van der Waals surface area contributed by atoms with Crippen LogP contribution in [0.5, 0.6) is 0 Å². The van der Waals surface area contributed by atoms with Gasteiger partial charge in [-0.25, -0.2) is 0 Å². The number of hydrogen-bond acceptors (Lipinski definition) is 0. The summed E-state index contributed by atoms with van der Waals surface area (Å²) in [4.78, 5) is 3.37. The van der Waals surface area contributed by atoms with Crippen molar-refractivity contribution in [2.75, 3.05) is 0 Å². The van der Waals surface area contributed by atoms with Crippen molar-refractivity contribution in [3.8, 4) is 0 Å². The number of rotatable bonds is 1. The predicted molar refractivity (Wildman–Crippen MR) is 70.7 cm³/mol. The van der Waals surface area contributed by atoms with Gasteiger partial charge in [0.1, 0.15) is 0 Å². The maximum absolute atomic E-state index is 5.92. The van der Waals surface area contributed by atoms with Gasteiger partial charge in [-0.3, -0.25) is 0 Å². The van der Waals surface area contributed by atoms with E-state index in [1.807, 2.05) is 24.3 Å². The number of aromatic nitrogens is 1. The first kappa shape index (κ1) is 9.49. The molecule has 1 nitrogen and oxygen atoms in total. The molecular weight excluding hydrogens is 218 g/mol. The lowest BCUT2D eigenvalue weighted by atomic mass is 10.1. The molecule has 2 heteroatoms. The first-order valence-electron chi connectivity index (χ1n) is 5.11. The average molecular weight is 228 g/mol. The third-order valence-electron chi connectivity index (χ3n) is 2.82. The number of H-pyrrole nitrogens is 1. The van der Waals surface area contributed by atoms with E-state index in [9.17, 15) is 0 Å². The SMILES string of the molecule is C=C(Cl)c1ccc2[nH]c3ccccc3c2c1. The smallest absolute Gasteiger partial charge is 0.0465 e. The molecule has 0 unspecified atom stereocenters. The van der Waals surface area contributed by atoms with Crippen molar-refractivity contribution in [1.29, 1.82) is 0 Å². The van der Waals surface area contributed by atoms with Crippen LogP contribution in [0.15, 0.2) is 49.0 Å². The third-order valence-corrected chi connectivity index (χ3v) is 3.04. The Bertz CT molecular complexity index is 694. The Balaban J connectivity index is 2.44. The molecule has 0 aliphatic rings. The standard InChI is InChI=1S/C14H10ClN/c1-9(15)10-6-7-14-12(8-10)11-4-2-3-5-13(11)16-14/h2-8,16H,1H2. The monoisotopic (exact) mass is 227 g/mol. The largest absolute Gasteiger partial charge is 0.355 e. The molecule has 78 valence electrons. The topological polar surface area (TPSA) is 15.8 Å². The lowest BCUT2D eigenvalue weighted by molar-refractivity contribution is 1.54. The molecule has 0 aliphatic heterocycles. The minimum absolute atomic E-state index is 0.576. The van der Waals surface area contributed by atoms with Gasteiger partial charge in [0, 0.05) is 26.8 Å². The Labute approximate surface area is 98.3 Å². The molecule has 16 heavy (non-hydrogen) atoms. The van der Waals surface area contributed by atoms with Crippen LogP contribution in [0.4, 0.5) is 0 Å². The molecule has 0 saturated carbocycles. The van der Waals surface area contributed by atoms with Gasteiger partial charge in [-0.05, 0) is 23.8 Å². The molecule has 0 spiro atoms. The Morgan fingerprint density at radius 2 is 1.75 bits per heavy atom. The zero-order chi connectivity index (χ0) is 11.1. The molecule has 1 aromatic heterocycles. The third kappa shape index (κ3) is 1.33. The summed E-state index contributed by atoms with van der Waals surface area (Å²) in [6.45, 7) is 3.75. The molecule has 0 atom stereocenters. The number of nitrogens with one attached hydrogen (secondary N) is 1. The normalized spacial score (nSPS) is 11.1. The summed E-state index contributed by atoms with van der Waals surface area (Å²) in [5.74, 6) is 0. The van der Waals surface area contributed by atoms with Crippen molar-refractivity contribution >= 4 is 38.4 Å². The van der Waals surface area contributed by atoms with Crippen molar-refractivity contribution in [1.82, 2.24) is 4.98 Å². The van der Waals surface area contributed by atoms with Crippen molar-refractivity contribution in [3.05, 3.63) is 54.6 Å². The first-order valence-corrected chi connectivity index (χ1v) is 5.49. The fourth-order valence-electron chi connectivity index (χ4n) is 2.02. The molecule has 1 heterocycles. The Hall–Kier alpha value is -1.73. The second-order valence-corrected chi connectivity index (χ2v) is 4.29. The Morgan fingerprint density at radius 3 is 2.56 bits per heavy atom. The quantitative estimate of drug-likeness (QED) is 0.629. The molecule has 2 aromatic carbocycles. The maximum atomic E-state index is 5.92. The fraction of sp³-hybridized carbons (Fsp3) is 0. The zero-order valence-corrected chi connectivity index (χ0v) is 9.38. The van der Waals surface area contributed by atoms with Crippen molar-refractivity contribution in [3.63, 3.8) is 0 Å². The molecule has 1 N–H and O–H groups in total. The van der Waals surface area contributed by atoms with Crippen LogP contribution >= 0.6 is 11.6 Å². The van der Waals surface area contributed by atoms with Gasteiger partial charge < -0.3 is 4.98 Å². The van der Waals surface area contributed by atoms with Crippen molar-refractivity contribution in [2.24, 2.45) is 0 Å². The number of para-hydroxylation sites is 1. The van der Waals surface area contributed by atoms with E-state index in [0.29, 0.717) is 5.03 Å². The Kier molecular flexibility index (Phi) is 2.01. The molecule has 0 fully saturated rings. The van der Waals surface area contributed by atoms with Gasteiger partial charge >= 0.3 is 0 Å². The van der Waals surface area contributed by atoms with Crippen LogP contribution < -0.4 is 0 Å². The van der Waals surface area contributed by atoms with Crippen LogP contribution in [0.25, 0.3) is 26.8 Å². The van der Waals surface area contributed by atoms with Crippen molar-refractivity contribution in [2.45, 2.75) is 0 Å². The summed E-state index contributed by atoms with van der Waals surface area (Å²) < 4.78 is 0. The second kappa shape index (κ2) is 3.39. The number of halogens is 1. The molecule has 0 radical (unpaired) electrons. The Morgan fingerprint density at radius 1 is 1.00 bits per heavy atom. The van der Waals surface area contributed by atoms with Crippen LogP contribution in [0.1, 0.15) is 5.56 Å². The number of hydrogen-bond donors (Lipinski definition) is 1. The molecule has 3 rings (SSSR count). The molecule has 0 amide bonds. The number of benzene rings is 2. The van der Waals surface area contributed by atoms with Gasteiger partial charge in [0.15, 0.2) is 0 Å². The zero-order valence-electron chi connectivity index (χ0n) is 8.63. The summed E-state index contributed by atoms with van der Waals surface area (Å²) in [6, 6.07) is 14.3. The van der Waals surface area contributed by atoms with Gasteiger partial charge in [-0.1, -0.05) is 42.4 Å². The summed E-state index contributed by atoms with van der Waals surface area (Å²) in [6.07, 6.45) is 0. The van der Waals surface area contributed by atoms with Crippen LogP contribution in [-0.2, 0) is 0 Å². The molecular formula is C14H10ClN. The molecule has 0 aliphatic carbocycles. The summed E-state index contributed by atoms with van der Waals surface area (Å²) in [7, 11) is 0. The lowest BCUT2D eigenvalue weighted by Gasteiger charge is -1.97. The van der Waals surface area contributed by atoms with Gasteiger partial charge in [0.05, 0.1) is 0 Å². The first-order chi connectivity index (χ1) is 7.75. The van der Waals surface area contributed by atoms with Crippen LogP contribution in [0.3, 0.4) is 0 Å². The van der Waals surface area contributed by atoms with E-state index in [-0.39, 0.29) is 0 Å². The second-order valence-electron chi connectivity index (χ2n) is 3.84. The maximum Gasteiger partial charge on any atom is 0.0465 e. The lowest BCUT2D eigenvalue weighted by Crippen LogP contribution is -1.75. The molecule has 0 bridgehead atoms. The molecule has 0 saturated heterocycles. The predicted octanol–water partition coefficient (Wildman–Crippen LogP) is 4.53. The summed E-state index contributed by atoms with van der Waals surface area (Å²) in [5, 5.41) is 2.99. The minimum atomic E-state index is 0.576. The van der Waals surface area contributed by atoms with E-state index in [1.54, 1.807) is 0 Å². The summed E-state index contributed by atoms with van der Waals surface area (Å²) >= 11 is 5.92. The van der Waals surface area contributed by atoms with E-state index in [2.05, 4.69) is 29.8 Å². The van der Waals surface area contributed by atoms with Crippen LogP contribution in [0, 0.1) is 0 Å². The highest BCUT2D eigenvalue weighted by molar-refractivity contribution is 6.48. The fourth-order valence-corrected chi connectivity index (χ4v) is 2.13. The van der Waals surface area contributed by atoms with Gasteiger partial charge in [-0.15, -0.1) is 0 Å². The van der Waals surface area contributed by atoms with Gasteiger partial charge in [0.2, 0.25) is 0 Å². The van der Waals surface area contributed by atoms with E-state index in [1.165, 1.54) is 10.8 Å². The number of fused-ring (bicyclic) bond motifs is 3. The van der Waals surface area contributed by atoms with E-state index in [4.69, 9.17) is 11.6 Å². The minimum Gasteiger partial charge on any atom is -0.355 e. The van der Waals surface area contributed by atoms with Gasteiger partial charge in [0.25, 0.3) is 0 Å². The van der Waals surface area contributed by atoms with E-state index >= 15 is 0 Å². The van der Waals surface area contributed by atoms with E-state index in [0.717, 1.165) is 16.6 Å². The highest BCUT2D eigenvalue weighted by atomic mass is 35.5. The van der Waals surface area contributed by atoms with Crippen LogP contribution in [0.2, 0.25) is 0 Å².